The largest absolute Gasteiger partial charge is 0.327 e. The molecule has 0 spiro atoms. The van der Waals surface area contributed by atoms with Crippen molar-refractivity contribution >= 4 is 0 Å². The Morgan fingerprint density at radius 2 is 1.38 bits per heavy atom. The van der Waals surface area contributed by atoms with Gasteiger partial charge in [0.25, 0.3) is 0 Å². The van der Waals surface area contributed by atoms with E-state index in [-0.39, 0.29) is 0 Å². The second-order valence-electron chi connectivity index (χ2n) is 7.50. The highest BCUT2D eigenvalue weighted by Gasteiger charge is 2.54. The van der Waals surface area contributed by atoms with Crippen molar-refractivity contribution in [2.24, 2.45) is 34.8 Å². The molecule has 1 heteroatoms. The first-order valence-corrected chi connectivity index (χ1v) is 7.51. The molecule has 0 saturated heterocycles. The number of nitrogens with two attached hydrogens (primary N) is 1. The molecule has 0 heterocycles. The zero-order valence-electron chi connectivity index (χ0n) is 10.3. The predicted molar refractivity (Wildman–Crippen MR) is 65.9 cm³/mol. The zero-order valence-corrected chi connectivity index (χ0v) is 10.3. The van der Waals surface area contributed by atoms with Gasteiger partial charge in [0.15, 0.2) is 0 Å². The fourth-order valence-corrected chi connectivity index (χ4v) is 5.88. The van der Waals surface area contributed by atoms with Gasteiger partial charge in [0.05, 0.1) is 0 Å². The highest BCUT2D eigenvalue weighted by atomic mass is 14.8. The van der Waals surface area contributed by atoms with Gasteiger partial charge in [-0.3, -0.25) is 0 Å². The minimum atomic E-state index is 0.564. The van der Waals surface area contributed by atoms with Crippen molar-refractivity contribution in [3.8, 4) is 0 Å². The highest BCUT2D eigenvalue weighted by Crippen LogP contribution is 2.62. The second kappa shape index (κ2) is 3.25. The summed E-state index contributed by atoms with van der Waals surface area (Å²) < 4.78 is 0. The molecule has 1 atom stereocenters. The summed E-state index contributed by atoms with van der Waals surface area (Å²) in [5.41, 5.74) is 7.29. The molecule has 0 aliphatic heterocycles. The number of hydrogen-bond acceptors (Lipinski definition) is 1. The minimum absolute atomic E-state index is 0.564. The second-order valence-corrected chi connectivity index (χ2v) is 7.50. The molecule has 5 fully saturated rings. The summed E-state index contributed by atoms with van der Waals surface area (Å²) in [4.78, 5) is 0. The molecule has 1 unspecified atom stereocenters. The first kappa shape index (κ1) is 9.94. The van der Waals surface area contributed by atoms with Crippen LogP contribution in [0, 0.1) is 29.1 Å². The normalized spacial score (nSPS) is 52.7. The van der Waals surface area contributed by atoms with Crippen molar-refractivity contribution < 1.29 is 0 Å². The fourth-order valence-electron chi connectivity index (χ4n) is 5.88. The third-order valence-electron chi connectivity index (χ3n) is 6.45. The lowest BCUT2D eigenvalue weighted by molar-refractivity contribution is -0.0832. The van der Waals surface area contributed by atoms with Crippen molar-refractivity contribution in [2.75, 3.05) is 0 Å². The Kier molecular flexibility index (Phi) is 2.02. The predicted octanol–water partition coefficient (Wildman–Crippen LogP) is 3.33. The van der Waals surface area contributed by atoms with E-state index in [1.54, 1.807) is 19.3 Å². The maximum Gasteiger partial charge on any atom is 0.0124 e. The zero-order chi connectivity index (χ0) is 10.8. The molecule has 0 radical (unpaired) electrons. The van der Waals surface area contributed by atoms with E-state index in [0.29, 0.717) is 11.5 Å². The monoisotopic (exact) mass is 219 g/mol. The molecule has 0 amide bonds. The van der Waals surface area contributed by atoms with Gasteiger partial charge < -0.3 is 5.73 Å². The van der Waals surface area contributed by atoms with Crippen molar-refractivity contribution in [1.82, 2.24) is 0 Å². The molecule has 90 valence electrons. The third kappa shape index (κ3) is 1.27. The summed E-state index contributed by atoms with van der Waals surface area (Å²) in [6.07, 6.45) is 13.5. The van der Waals surface area contributed by atoms with Gasteiger partial charge in [-0.25, -0.2) is 0 Å². The van der Waals surface area contributed by atoms with Gasteiger partial charge in [-0.05, 0) is 80.5 Å². The van der Waals surface area contributed by atoms with E-state index in [1.165, 1.54) is 38.5 Å². The Morgan fingerprint density at radius 1 is 0.875 bits per heavy atom. The van der Waals surface area contributed by atoms with Gasteiger partial charge in [-0.1, -0.05) is 6.42 Å². The van der Waals surface area contributed by atoms with Gasteiger partial charge in [0, 0.05) is 6.04 Å². The van der Waals surface area contributed by atoms with Crippen LogP contribution in [0.1, 0.15) is 57.8 Å². The minimum Gasteiger partial charge on any atom is -0.327 e. The van der Waals surface area contributed by atoms with Crippen LogP contribution >= 0.6 is 0 Å². The van der Waals surface area contributed by atoms with E-state index in [9.17, 15) is 0 Å². The van der Waals surface area contributed by atoms with Gasteiger partial charge >= 0.3 is 0 Å². The maximum absolute atomic E-state index is 6.68. The van der Waals surface area contributed by atoms with Crippen LogP contribution < -0.4 is 5.73 Å². The van der Waals surface area contributed by atoms with Crippen molar-refractivity contribution in [1.29, 1.82) is 0 Å². The van der Waals surface area contributed by atoms with Gasteiger partial charge in [0.2, 0.25) is 0 Å². The van der Waals surface area contributed by atoms with Crippen molar-refractivity contribution in [2.45, 2.75) is 63.8 Å². The van der Waals surface area contributed by atoms with Crippen LogP contribution in [0.4, 0.5) is 0 Å². The van der Waals surface area contributed by atoms with Gasteiger partial charge in [0.1, 0.15) is 0 Å². The van der Waals surface area contributed by atoms with Gasteiger partial charge in [-0.2, -0.15) is 0 Å². The number of hydrogen-bond donors (Lipinski definition) is 1. The Morgan fingerprint density at radius 3 is 1.75 bits per heavy atom. The third-order valence-corrected chi connectivity index (χ3v) is 6.45. The molecule has 0 aromatic carbocycles. The summed E-state index contributed by atoms with van der Waals surface area (Å²) in [7, 11) is 0. The molecule has 5 rings (SSSR count). The average molecular weight is 219 g/mol. The quantitative estimate of drug-likeness (QED) is 0.757. The maximum atomic E-state index is 6.68. The first-order valence-electron chi connectivity index (χ1n) is 7.51. The molecule has 5 aliphatic rings. The summed E-state index contributed by atoms with van der Waals surface area (Å²) in [5, 5.41) is 0. The van der Waals surface area contributed by atoms with E-state index in [2.05, 4.69) is 0 Å². The van der Waals surface area contributed by atoms with Crippen LogP contribution in [-0.4, -0.2) is 6.04 Å². The van der Waals surface area contributed by atoms with Crippen LogP contribution in [0.3, 0.4) is 0 Å². The lowest BCUT2D eigenvalue weighted by Crippen LogP contribution is -2.57. The molecule has 0 aromatic rings. The van der Waals surface area contributed by atoms with Crippen LogP contribution in [0.5, 0.6) is 0 Å². The topological polar surface area (TPSA) is 26.0 Å². The molecule has 4 bridgehead atoms. The van der Waals surface area contributed by atoms with Crippen molar-refractivity contribution in [3.05, 3.63) is 0 Å². The Balaban J connectivity index is 1.60. The SMILES string of the molecule is NC(C1CCC1)C12CC3CC(CC(C3)C1)C2. The smallest absolute Gasteiger partial charge is 0.0124 e. The summed E-state index contributed by atoms with van der Waals surface area (Å²) in [5.74, 6) is 4.10. The molecule has 1 nitrogen and oxygen atoms in total. The molecular formula is C15H25N. The molecule has 2 N–H and O–H groups in total. The first-order chi connectivity index (χ1) is 7.75. The average Bonchev–Trinajstić information content (AvgIpc) is 2.12. The molecule has 0 aromatic heterocycles. The fraction of sp³-hybridized carbons (Fsp3) is 1.00. The lowest BCUT2D eigenvalue weighted by Gasteiger charge is -2.60. The summed E-state index contributed by atoms with van der Waals surface area (Å²) in [6.45, 7) is 0. The Labute approximate surface area is 99.2 Å². The van der Waals surface area contributed by atoms with Crippen molar-refractivity contribution in [3.63, 3.8) is 0 Å². The van der Waals surface area contributed by atoms with E-state index in [0.717, 1.165) is 23.7 Å². The van der Waals surface area contributed by atoms with Crippen LogP contribution in [0.25, 0.3) is 0 Å². The molecule has 5 saturated carbocycles. The van der Waals surface area contributed by atoms with Gasteiger partial charge in [-0.15, -0.1) is 0 Å². The summed E-state index contributed by atoms with van der Waals surface area (Å²) in [6, 6.07) is 0.564. The molecule has 16 heavy (non-hydrogen) atoms. The summed E-state index contributed by atoms with van der Waals surface area (Å²) >= 11 is 0. The highest BCUT2D eigenvalue weighted by molar-refractivity contribution is 5.07. The van der Waals surface area contributed by atoms with Crippen LogP contribution in [0.15, 0.2) is 0 Å². The molecule has 5 aliphatic carbocycles. The lowest BCUT2D eigenvalue weighted by atomic mass is 9.46. The van der Waals surface area contributed by atoms with Crippen LogP contribution in [-0.2, 0) is 0 Å². The van der Waals surface area contributed by atoms with E-state index in [4.69, 9.17) is 5.73 Å². The van der Waals surface area contributed by atoms with Crippen LogP contribution in [0.2, 0.25) is 0 Å². The Bertz CT molecular complexity index is 257. The number of rotatable bonds is 2. The Hall–Kier alpha value is -0.0400. The van der Waals surface area contributed by atoms with E-state index in [1.807, 2.05) is 0 Å². The standard InChI is InChI=1S/C15H25N/c16-14(13-2-1-3-13)15-7-10-4-11(8-15)6-12(5-10)9-15/h10-14H,1-9,16H2. The van der Waals surface area contributed by atoms with E-state index < -0.39 is 0 Å². The molecular weight excluding hydrogens is 194 g/mol. The van der Waals surface area contributed by atoms with E-state index >= 15 is 0 Å².